The third-order valence-corrected chi connectivity index (χ3v) is 4.22. The molecule has 3 atom stereocenters. The van der Waals surface area contributed by atoms with Gasteiger partial charge in [-0.2, -0.15) is 0 Å². The summed E-state index contributed by atoms with van der Waals surface area (Å²) in [6.07, 6.45) is 6.03. The Kier molecular flexibility index (Phi) is 5.83. The summed E-state index contributed by atoms with van der Waals surface area (Å²) in [5, 5.41) is 0. The van der Waals surface area contributed by atoms with Crippen LogP contribution in [0.15, 0.2) is 30.3 Å². The van der Waals surface area contributed by atoms with Crippen molar-refractivity contribution in [2.24, 2.45) is 11.8 Å². The maximum atomic E-state index is 5.77. The molecule has 0 bridgehead atoms. The standard InChI is InChI=1S/C16H26N2O/c1-2-16-14(11-12-19-16)15(18-17)10-6-9-13-7-4-3-5-8-13/h3-5,7-8,14-16,18H,2,6,9-12,17H2,1H3. The Bertz CT molecular complexity index is 355. The zero-order chi connectivity index (χ0) is 13.5. The van der Waals surface area contributed by atoms with Crippen LogP contribution in [0.4, 0.5) is 0 Å². The van der Waals surface area contributed by atoms with Crippen molar-refractivity contribution in [1.29, 1.82) is 0 Å². The third kappa shape index (κ3) is 4.03. The lowest BCUT2D eigenvalue weighted by Crippen LogP contribution is -2.43. The van der Waals surface area contributed by atoms with Crippen molar-refractivity contribution >= 4 is 0 Å². The number of rotatable bonds is 7. The zero-order valence-electron chi connectivity index (χ0n) is 11.8. The van der Waals surface area contributed by atoms with E-state index in [1.165, 1.54) is 12.0 Å². The van der Waals surface area contributed by atoms with Crippen LogP contribution in [0, 0.1) is 5.92 Å². The maximum absolute atomic E-state index is 5.77. The molecule has 19 heavy (non-hydrogen) atoms. The van der Waals surface area contributed by atoms with Gasteiger partial charge in [0.15, 0.2) is 0 Å². The van der Waals surface area contributed by atoms with E-state index in [0.29, 0.717) is 18.1 Å². The Hall–Kier alpha value is -0.900. The molecule has 0 amide bonds. The smallest absolute Gasteiger partial charge is 0.0616 e. The van der Waals surface area contributed by atoms with Crippen LogP contribution < -0.4 is 11.3 Å². The Labute approximate surface area is 116 Å². The number of aryl methyl sites for hydroxylation is 1. The number of hydrogen-bond donors (Lipinski definition) is 2. The Morgan fingerprint density at radius 1 is 1.37 bits per heavy atom. The van der Waals surface area contributed by atoms with Gasteiger partial charge in [0.05, 0.1) is 6.10 Å². The van der Waals surface area contributed by atoms with Gasteiger partial charge in [-0.25, -0.2) is 0 Å². The summed E-state index contributed by atoms with van der Waals surface area (Å²) in [6.45, 7) is 3.08. The molecule has 1 aromatic carbocycles. The fourth-order valence-electron chi connectivity index (χ4n) is 3.14. The number of hydrogen-bond acceptors (Lipinski definition) is 3. The van der Waals surface area contributed by atoms with Crippen LogP contribution in [0.1, 0.15) is 38.2 Å². The molecule has 0 aromatic heterocycles. The highest BCUT2D eigenvalue weighted by Gasteiger charge is 2.32. The van der Waals surface area contributed by atoms with Gasteiger partial charge < -0.3 is 4.74 Å². The van der Waals surface area contributed by atoms with Gasteiger partial charge in [-0.05, 0) is 37.7 Å². The van der Waals surface area contributed by atoms with Crippen LogP contribution in [-0.2, 0) is 11.2 Å². The predicted molar refractivity (Wildman–Crippen MR) is 78.6 cm³/mol. The minimum Gasteiger partial charge on any atom is -0.378 e. The highest BCUT2D eigenvalue weighted by Crippen LogP contribution is 2.28. The molecule has 1 aliphatic rings. The monoisotopic (exact) mass is 262 g/mol. The van der Waals surface area contributed by atoms with Crippen molar-refractivity contribution in [1.82, 2.24) is 5.43 Å². The van der Waals surface area contributed by atoms with Crippen molar-refractivity contribution < 1.29 is 4.74 Å². The predicted octanol–water partition coefficient (Wildman–Crippen LogP) is 2.66. The first-order valence-electron chi connectivity index (χ1n) is 7.46. The van der Waals surface area contributed by atoms with Crippen LogP contribution in [0.5, 0.6) is 0 Å². The summed E-state index contributed by atoms with van der Waals surface area (Å²) in [7, 11) is 0. The fourth-order valence-corrected chi connectivity index (χ4v) is 3.14. The molecule has 1 fully saturated rings. The molecule has 0 aliphatic carbocycles. The minimum absolute atomic E-state index is 0.385. The van der Waals surface area contributed by atoms with E-state index in [1.807, 2.05) is 0 Å². The van der Waals surface area contributed by atoms with Gasteiger partial charge in [-0.1, -0.05) is 37.3 Å². The third-order valence-electron chi connectivity index (χ3n) is 4.22. The van der Waals surface area contributed by atoms with E-state index in [9.17, 15) is 0 Å². The molecular formula is C16H26N2O. The second-order valence-electron chi connectivity index (χ2n) is 5.42. The molecule has 0 radical (unpaired) electrons. The van der Waals surface area contributed by atoms with Crippen LogP contribution in [-0.4, -0.2) is 18.8 Å². The molecule has 1 aromatic rings. The molecule has 3 unspecified atom stereocenters. The number of nitrogens with two attached hydrogens (primary N) is 1. The van der Waals surface area contributed by atoms with E-state index in [4.69, 9.17) is 10.6 Å². The molecule has 2 rings (SSSR count). The normalized spacial score (nSPS) is 24.5. The first kappa shape index (κ1) is 14.5. The largest absolute Gasteiger partial charge is 0.378 e. The van der Waals surface area contributed by atoms with Crippen LogP contribution in [0.3, 0.4) is 0 Å². The molecule has 1 heterocycles. The van der Waals surface area contributed by atoms with Crippen molar-refractivity contribution in [2.45, 2.75) is 51.2 Å². The zero-order valence-corrected chi connectivity index (χ0v) is 11.8. The lowest BCUT2D eigenvalue weighted by Gasteiger charge is -2.26. The molecule has 1 saturated heterocycles. The van der Waals surface area contributed by atoms with Crippen LogP contribution in [0.25, 0.3) is 0 Å². The summed E-state index contributed by atoms with van der Waals surface area (Å²) in [5.74, 6) is 6.32. The highest BCUT2D eigenvalue weighted by molar-refractivity contribution is 5.14. The minimum atomic E-state index is 0.385. The number of benzene rings is 1. The Balaban J connectivity index is 1.79. The molecule has 106 valence electrons. The summed E-state index contributed by atoms with van der Waals surface area (Å²) in [6, 6.07) is 11.0. The van der Waals surface area contributed by atoms with E-state index in [2.05, 4.69) is 42.7 Å². The van der Waals surface area contributed by atoms with Gasteiger partial charge in [0.2, 0.25) is 0 Å². The quantitative estimate of drug-likeness (QED) is 0.586. The Morgan fingerprint density at radius 3 is 2.84 bits per heavy atom. The van der Waals surface area contributed by atoms with Gasteiger partial charge in [0, 0.05) is 18.6 Å². The molecule has 1 aliphatic heterocycles. The van der Waals surface area contributed by atoms with Gasteiger partial charge in [0.25, 0.3) is 0 Å². The topological polar surface area (TPSA) is 47.3 Å². The van der Waals surface area contributed by atoms with Gasteiger partial charge in [-0.3, -0.25) is 11.3 Å². The molecule has 3 nitrogen and oxygen atoms in total. The van der Waals surface area contributed by atoms with Gasteiger partial charge >= 0.3 is 0 Å². The number of hydrazine groups is 1. The summed E-state index contributed by atoms with van der Waals surface area (Å²) in [4.78, 5) is 0. The first-order chi connectivity index (χ1) is 9.35. The van der Waals surface area contributed by atoms with Gasteiger partial charge in [-0.15, -0.1) is 0 Å². The fraction of sp³-hybridized carbons (Fsp3) is 0.625. The molecule has 3 heteroatoms. The summed E-state index contributed by atoms with van der Waals surface area (Å²) < 4.78 is 5.77. The van der Waals surface area contributed by atoms with E-state index in [1.54, 1.807) is 0 Å². The van der Waals surface area contributed by atoms with Crippen molar-refractivity contribution in [3.63, 3.8) is 0 Å². The molecule has 0 spiro atoms. The number of nitrogens with one attached hydrogen (secondary N) is 1. The first-order valence-corrected chi connectivity index (χ1v) is 7.46. The average Bonchev–Trinajstić information content (AvgIpc) is 2.93. The van der Waals surface area contributed by atoms with Crippen LogP contribution >= 0.6 is 0 Å². The van der Waals surface area contributed by atoms with Crippen molar-refractivity contribution in [2.75, 3.05) is 6.61 Å². The van der Waals surface area contributed by atoms with E-state index in [-0.39, 0.29) is 0 Å². The van der Waals surface area contributed by atoms with Gasteiger partial charge in [0.1, 0.15) is 0 Å². The lowest BCUT2D eigenvalue weighted by molar-refractivity contribution is 0.0762. The van der Waals surface area contributed by atoms with Crippen molar-refractivity contribution in [3.05, 3.63) is 35.9 Å². The second kappa shape index (κ2) is 7.63. The molecule has 0 saturated carbocycles. The highest BCUT2D eigenvalue weighted by atomic mass is 16.5. The second-order valence-corrected chi connectivity index (χ2v) is 5.42. The Morgan fingerprint density at radius 2 is 2.16 bits per heavy atom. The summed E-state index contributed by atoms with van der Waals surface area (Å²) in [5.41, 5.74) is 4.42. The average molecular weight is 262 g/mol. The van der Waals surface area contributed by atoms with Crippen molar-refractivity contribution in [3.8, 4) is 0 Å². The molecular weight excluding hydrogens is 236 g/mol. The van der Waals surface area contributed by atoms with E-state index >= 15 is 0 Å². The molecule has 3 N–H and O–H groups in total. The number of ether oxygens (including phenoxy) is 1. The summed E-state index contributed by atoms with van der Waals surface area (Å²) >= 11 is 0. The van der Waals surface area contributed by atoms with Crippen LogP contribution in [0.2, 0.25) is 0 Å². The van der Waals surface area contributed by atoms with E-state index < -0.39 is 0 Å². The SMILES string of the molecule is CCC1OCCC1C(CCCc1ccccc1)NN. The van der Waals surface area contributed by atoms with E-state index in [0.717, 1.165) is 32.3 Å². The maximum Gasteiger partial charge on any atom is 0.0616 e. The lowest BCUT2D eigenvalue weighted by atomic mass is 9.88.